The summed E-state index contributed by atoms with van der Waals surface area (Å²) >= 11 is 0. The molecule has 0 aliphatic rings. The van der Waals surface area contributed by atoms with E-state index < -0.39 is 17.2 Å². The Bertz CT molecular complexity index is 1330. The first kappa shape index (κ1) is 19.9. The van der Waals surface area contributed by atoms with Crippen LogP contribution in [0.1, 0.15) is 23.3 Å². The molecule has 0 unspecified atom stereocenters. The Hall–Kier alpha value is -4.41. The number of benzene rings is 1. The first-order valence-electron chi connectivity index (χ1n) is 9.40. The molecule has 4 rings (SSSR count). The van der Waals surface area contributed by atoms with Crippen molar-refractivity contribution in [2.75, 3.05) is 0 Å². The molecule has 0 fully saturated rings. The van der Waals surface area contributed by atoms with Crippen molar-refractivity contribution >= 4 is 5.91 Å². The average molecular weight is 419 g/mol. The number of nitrogens with zero attached hydrogens (tertiary/aromatic N) is 6. The molecule has 0 aliphatic carbocycles. The van der Waals surface area contributed by atoms with Crippen LogP contribution in [0.3, 0.4) is 0 Å². The van der Waals surface area contributed by atoms with Gasteiger partial charge in [-0.1, -0.05) is 29.4 Å². The molecule has 0 atom stereocenters. The first-order chi connectivity index (χ1) is 15.1. The molecule has 1 amide bonds. The van der Waals surface area contributed by atoms with Crippen molar-refractivity contribution in [3.63, 3.8) is 0 Å². The molecule has 4 aromatic rings. The molecule has 11 nitrogen and oxygen atoms in total. The highest BCUT2D eigenvalue weighted by Crippen LogP contribution is 2.10. The molecule has 31 heavy (non-hydrogen) atoms. The van der Waals surface area contributed by atoms with Crippen LogP contribution in [0.5, 0.6) is 0 Å². The minimum atomic E-state index is -0.680. The van der Waals surface area contributed by atoms with E-state index in [4.69, 9.17) is 4.52 Å². The Labute approximate surface area is 175 Å². The summed E-state index contributed by atoms with van der Waals surface area (Å²) in [6, 6.07) is 13.9. The predicted molar refractivity (Wildman–Crippen MR) is 108 cm³/mol. The summed E-state index contributed by atoms with van der Waals surface area (Å²) in [7, 11) is 0. The number of carbonyl (C=O) groups excluding carboxylic acids is 1. The highest BCUT2D eigenvalue weighted by Gasteiger charge is 2.22. The van der Waals surface area contributed by atoms with Crippen LogP contribution >= 0.6 is 0 Å². The van der Waals surface area contributed by atoms with Crippen molar-refractivity contribution in [1.29, 1.82) is 0 Å². The number of rotatable bonds is 6. The van der Waals surface area contributed by atoms with Crippen molar-refractivity contribution in [2.24, 2.45) is 0 Å². The third kappa shape index (κ3) is 4.01. The van der Waals surface area contributed by atoms with Crippen LogP contribution in [-0.4, -0.2) is 35.4 Å². The van der Waals surface area contributed by atoms with Gasteiger partial charge in [0.1, 0.15) is 0 Å². The molecule has 3 heterocycles. The lowest BCUT2D eigenvalue weighted by Crippen LogP contribution is -2.41. The maximum absolute atomic E-state index is 12.8. The third-order valence-electron chi connectivity index (χ3n) is 4.37. The maximum atomic E-state index is 12.8. The van der Waals surface area contributed by atoms with Crippen molar-refractivity contribution in [3.8, 4) is 17.2 Å². The van der Waals surface area contributed by atoms with Crippen LogP contribution in [0, 0.1) is 0 Å². The van der Waals surface area contributed by atoms with E-state index in [-0.39, 0.29) is 30.5 Å². The fourth-order valence-corrected chi connectivity index (χ4v) is 2.83. The minimum absolute atomic E-state index is 0.120. The fraction of sp³-hybridized carbons (Fsp3) is 0.150. The number of hydrogen-bond acceptors (Lipinski definition) is 8. The van der Waals surface area contributed by atoms with Crippen LogP contribution in [0.25, 0.3) is 17.2 Å². The maximum Gasteiger partial charge on any atom is 0.352 e. The molecule has 1 aromatic carbocycles. The second-order valence-corrected chi connectivity index (χ2v) is 6.35. The zero-order valence-corrected chi connectivity index (χ0v) is 16.4. The van der Waals surface area contributed by atoms with Crippen molar-refractivity contribution in [1.82, 2.24) is 34.8 Å². The summed E-state index contributed by atoms with van der Waals surface area (Å²) in [5.41, 5.74) is -0.371. The highest BCUT2D eigenvalue weighted by atomic mass is 16.5. The Morgan fingerprint density at radius 2 is 1.87 bits per heavy atom. The third-order valence-corrected chi connectivity index (χ3v) is 4.37. The average Bonchev–Trinajstić information content (AvgIpc) is 3.29. The van der Waals surface area contributed by atoms with E-state index in [1.807, 2.05) is 0 Å². The molecule has 156 valence electrons. The largest absolute Gasteiger partial charge is 0.352 e. The highest BCUT2D eigenvalue weighted by molar-refractivity contribution is 5.89. The van der Waals surface area contributed by atoms with Gasteiger partial charge in [-0.25, -0.2) is 4.79 Å². The monoisotopic (exact) mass is 419 g/mol. The van der Waals surface area contributed by atoms with Gasteiger partial charge in [0.2, 0.25) is 5.82 Å². The standard InChI is InChI=1S/C20H17N7O4/c1-2-26-19(29)15(24-27(20(26)30)14-9-4-3-5-10-14)16-23-18(31-25-16)17(28)22-12-13-8-6-7-11-21-13/h3-11H,2,12H2,1H3,(H,22,28). The topological polar surface area (TPSA) is 138 Å². The lowest BCUT2D eigenvalue weighted by molar-refractivity contribution is 0.0906. The van der Waals surface area contributed by atoms with E-state index in [0.29, 0.717) is 11.4 Å². The van der Waals surface area contributed by atoms with Gasteiger partial charge in [0.25, 0.3) is 5.56 Å². The van der Waals surface area contributed by atoms with E-state index >= 15 is 0 Å². The fourth-order valence-electron chi connectivity index (χ4n) is 2.83. The number of pyridine rings is 1. The quantitative estimate of drug-likeness (QED) is 0.484. The number of carbonyl (C=O) groups is 1. The molecule has 0 radical (unpaired) electrons. The van der Waals surface area contributed by atoms with Gasteiger partial charge < -0.3 is 9.84 Å². The van der Waals surface area contributed by atoms with Crippen LogP contribution < -0.4 is 16.6 Å². The lowest BCUT2D eigenvalue weighted by Gasteiger charge is -2.09. The van der Waals surface area contributed by atoms with Gasteiger partial charge in [0.15, 0.2) is 5.69 Å². The van der Waals surface area contributed by atoms with Gasteiger partial charge in [-0.15, -0.1) is 0 Å². The summed E-state index contributed by atoms with van der Waals surface area (Å²) in [5, 5.41) is 10.4. The molecular formula is C20H17N7O4. The summed E-state index contributed by atoms with van der Waals surface area (Å²) in [4.78, 5) is 45.8. The normalized spacial score (nSPS) is 10.7. The lowest BCUT2D eigenvalue weighted by atomic mass is 10.3. The number of hydrogen-bond donors (Lipinski definition) is 1. The van der Waals surface area contributed by atoms with Crippen LogP contribution in [0.2, 0.25) is 0 Å². The zero-order chi connectivity index (χ0) is 21.8. The van der Waals surface area contributed by atoms with E-state index in [1.165, 1.54) is 0 Å². The molecule has 11 heteroatoms. The second kappa shape index (κ2) is 8.53. The summed E-state index contributed by atoms with van der Waals surface area (Å²) in [6.45, 7) is 1.95. The Kier molecular flexibility index (Phi) is 5.47. The Morgan fingerprint density at radius 1 is 1.10 bits per heavy atom. The molecule has 0 saturated heterocycles. The van der Waals surface area contributed by atoms with Gasteiger partial charge in [0, 0.05) is 12.7 Å². The molecule has 1 N–H and O–H groups in total. The molecule has 0 saturated carbocycles. The number of nitrogens with one attached hydrogen (secondary N) is 1. The van der Waals surface area contributed by atoms with Crippen molar-refractivity contribution in [2.45, 2.75) is 20.0 Å². The summed E-state index contributed by atoms with van der Waals surface area (Å²) in [6.07, 6.45) is 1.61. The predicted octanol–water partition coefficient (Wildman–Crippen LogP) is 0.789. The van der Waals surface area contributed by atoms with Crippen LogP contribution in [-0.2, 0) is 13.1 Å². The molecule has 0 bridgehead atoms. The van der Waals surface area contributed by atoms with Crippen molar-refractivity contribution < 1.29 is 9.32 Å². The molecular weight excluding hydrogens is 402 g/mol. The summed E-state index contributed by atoms with van der Waals surface area (Å²) in [5.74, 6) is -1.16. The van der Waals surface area contributed by atoms with E-state index in [0.717, 1.165) is 9.25 Å². The minimum Gasteiger partial charge on any atom is -0.342 e. The van der Waals surface area contributed by atoms with Gasteiger partial charge in [-0.3, -0.25) is 19.1 Å². The van der Waals surface area contributed by atoms with Gasteiger partial charge in [-0.05, 0) is 31.2 Å². The number of amides is 1. The van der Waals surface area contributed by atoms with Crippen molar-refractivity contribution in [3.05, 3.63) is 87.2 Å². The zero-order valence-electron chi connectivity index (χ0n) is 16.4. The first-order valence-corrected chi connectivity index (χ1v) is 9.40. The number of aromatic nitrogens is 6. The smallest absolute Gasteiger partial charge is 0.342 e. The number of para-hydroxylation sites is 1. The Morgan fingerprint density at radius 3 is 2.58 bits per heavy atom. The summed E-state index contributed by atoms with van der Waals surface area (Å²) < 4.78 is 7.09. The van der Waals surface area contributed by atoms with Gasteiger partial charge >= 0.3 is 17.5 Å². The second-order valence-electron chi connectivity index (χ2n) is 6.35. The molecule has 0 aliphatic heterocycles. The Balaban J connectivity index is 1.67. The van der Waals surface area contributed by atoms with Gasteiger partial charge in [-0.2, -0.15) is 14.8 Å². The van der Waals surface area contributed by atoms with E-state index in [2.05, 4.69) is 25.5 Å². The molecule has 3 aromatic heterocycles. The van der Waals surface area contributed by atoms with Gasteiger partial charge in [0.05, 0.1) is 17.9 Å². The molecule has 0 spiro atoms. The van der Waals surface area contributed by atoms with E-state index in [1.54, 1.807) is 61.7 Å². The van der Waals surface area contributed by atoms with Crippen LogP contribution in [0.4, 0.5) is 0 Å². The van der Waals surface area contributed by atoms with E-state index in [9.17, 15) is 14.4 Å². The SMILES string of the molecule is CCn1c(=O)c(-c2noc(C(=O)NCc3ccccn3)n2)nn(-c2ccccc2)c1=O. The van der Waals surface area contributed by atoms with Crippen LogP contribution in [0.15, 0.2) is 68.8 Å².